The number of allylic oxidation sites excluding steroid dienone is 6. The van der Waals surface area contributed by atoms with Gasteiger partial charge < -0.3 is 14.9 Å². The van der Waals surface area contributed by atoms with Crippen LogP contribution in [0.25, 0.3) is 0 Å². The van der Waals surface area contributed by atoms with Crippen LogP contribution >= 0.6 is 11.6 Å². The van der Waals surface area contributed by atoms with Gasteiger partial charge in [0.2, 0.25) is 5.78 Å². The first-order valence-electron chi connectivity index (χ1n) is 10.5. The number of hydrogen-bond acceptors (Lipinski definition) is 4. The Balaban J connectivity index is 1.97. The molecule has 2 N–H and O–H groups in total. The van der Waals surface area contributed by atoms with E-state index in [4.69, 9.17) is 16.3 Å². The van der Waals surface area contributed by atoms with Crippen LogP contribution in [0, 0.1) is 5.92 Å². The Bertz CT molecular complexity index is 1040. The van der Waals surface area contributed by atoms with Gasteiger partial charge in [-0.25, -0.2) is 0 Å². The number of carbonyl (C=O) groups is 1. The van der Waals surface area contributed by atoms with Crippen LogP contribution in [0.15, 0.2) is 45.7 Å². The molecule has 3 atom stereocenters. The van der Waals surface area contributed by atoms with Crippen molar-refractivity contribution in [1.82, 2.24) is 0 Å². The Hall–Kier alpha value is -2.20. The highest BCUT2D eigenvalue weighted by Gasteiger charge is 2.67. The van der Waals surface area contributed by atoms with Crippen LogP contribution in [0.1, 0.15) is 76.2 Å². The lowest BCUT2D eigenvalue weighted by Gasteiger charge is -2.35. The molecule has 160 valence electrons. The Morgan fingerprint density at radius 1 is 1.27 bits per heavy atom. The Labute approximate surface area is 182 Å². The molecule has 0 aromatic heterocycles. The number of ketones is 1. The summed E-state index contributed by atoms with van der Waals surface area (Å²) in [5.41, 5.74) is 3.50. The molecular weight excluding hydrogens is 400 g/mol. The third kappa shape index (κ3) is 2.84. The van der Waals surface area contributed by atoms with Crippen LogP contribution in [0.2, 0.25) is 0 Å². The molecule has 30 heavy (non-hydrogen) atoms. The van der Waals surface area contributed by atoms with Crippen molar-refractivity contribution in [3.8, 4) is 11.5 Å². The fraction of sp³-hybridized carbons (Fsp3) is 0.480. The molecule has 0 unspecified atom stereocenters. The number of hydrogen-bond donors (Lipinski definition) is 2. The van der Waals surface area contributed by atoms with E-state index in [-0.39, 0.29) is 28.0 Å². The summed E-state index contributed by atoms with van der Waals surface area (Å²) in [7, 11) is 0. The molecule has 1 aromatic carbocycles. The van der Waals surface area contributed by atoms with Crippen molar-refractivity contribution in [2.24, 2.45) is 5.92 Å². The van der Waals surface area contributed by atoms with E-state index >= 15 is 0 Å². The number of Topliss-reactive ketones (excluding diaryl/α,β-unsaturated/α-hetero) is 1. The van der Waals surface area contributed by atoms with Crippen molar-refractivity contribution in [3.05, 3.63) is 56.8 Å². The molecule has 2 aliphatic carbocycles. The van der Waals surface area contributed by atoms with Gasteiger partial charge in [-0.1, -0.05) is 34.4 Å². The second-order valence-corrected chi connectivity index (χ2v) is 9.98. The summed E-state index contributed by atoms with van der Waals surface area (Å²) in [6.07, 6.45) is 5.38. The number of halogens is 1. The standard InChI is InChI=1S/C25H29ClO4/c1-13(2)7-6-8-24(5)19-9-15(14(3)4)12-25(19)17-10-16(27)11-18(28)20(17)22(29)21(26)23(25)30-24/h7,10-11,19,27-28H,6,8-9,12H2,1-5H3/t19-,24+,25-/m1/s1. The van der Waals surface area contributed by atoms with Crippen molar-refractivity contribution in [1.29, 1.82) is 0 Å². The fourth-order valence-corrected chi connectivity index (χ4v) is 5.94. The van der Waals surface area contributed by atoms with E-state index in [0.29, 0.717) is 17.7 Å². The number of phenols is 2. The summed E-state index contributed by atoms with van der Waals surface area (Å²) < 4.78 is 6.55. The topological polar surface area (TPSA) is 66.8 Å². The van der Waals surface area contributed by atoms with Gasteiger partial charge in [0, 0.05) is 12.0 Å². The zero-order valence-electron chi connectivity index (χ0n) is 18.2. The summed E-state index contributed by atoms with van der Waals surface area (Å²) in [5, 5.41) is 20.9. The lowest BCUT2D eigenvalue weighted by atomic mass is 9.63. The predicted octanol–water partition coefficient (Wildman–Crippen LogP) is 6.26. The normalized spacial score (nSPS) is 29.3. The number of aromatic hydroxyl groups is 2. The first kappa shape index (κ1) is 21.0. The lowest BCUT2D eigenvalue weighted by Crippen LogP contribution is -2.39. The zero-order valence-corrected chi connectivity index (χ0v) is 19.0. The van der Waals surface area contributed by atoms with Crippen molar-refractivity contribution in [3.63, 3.8) is 0 Å². The molecule has 1 heterocycles. The van der Waals surface area contributed by atoms with Crippen LogP contribution in [-0.4, -0.2) is 21.6 Å². The molecule has 4 nitrogen and oxygen atoms in total. The zero-order chi connectivity index (χ0) is 22.0. The first-order chi connectivity index (χ1) is 14.0. The monoisotopic (exact) mass is 428 g/mol. The minimum atomic E-state index is -0.650. The van der Waals surface area contributed by atoms with E-state index in [1.807, 2.05) is 0 Å². The van der Waals surface area contributed by atoms with Crippen molar-refractivity contribution in [2.45, 2.75) is 71.3 Å². The summed E-state index contributed by atoms with van der Waals surface area (Å²) in [6.45, 7) is 10.5. The second kappa shape index (κ2) is 6.91. The molecule has 1 spiro atoms. The molecule has 0 bridgehead atoms. The molecule has 2 fully saturated rings. The fourth-order valence-electron chi connectivity index (χ4n) is 5.64. The van der Waals surface area contributed by atoms with Gasteiger partial charge in [-0.05, 0) is 71.9 Å². The number of ether oxygens (including phenoxy) is 1. The van der Waals surface area contributed by atoms with Gasteiger partial charge >= 0.3 is 0 Å². The first-order valence-corrected chi connectivity index (χ1v) is 10.9. The van der Waals surface area contributed by atoms with Crippen LogP contribution < -0.4 is 0 Å². The highest BCUT2D eigenvalue weighted by molar-refractivity contribution is 6.46. The van der Waals surface area contributed by atoms with Gasteiger partial charge in [0.1, 0.15) is 27.9 Å². The smallest absolute Gasteiger partial charge is 0.211 e. The molecule has 5 heteroatoms. The maximum Gasteiger partial charge on any atom is 0.211 e. The number of fused-ring (bicyclic) bond motifs is 1. The second-order valence-electron chi connectivity index (χ2n) is 9.60. The van der Waals surface area contributed by atoms with Gasteiger partial charge in [0.25, 0.3) is 0 Å². The molecule has 4 rings (SSSR count). The van der Waals surface area contributed by atoms with Crippen molar-refractivity contribution >= 4 is 17.4 Å². The Morgan fingerprint density at radius 2 is 1.97 bits per heavy atom. The largest absolute Gasteiger partial charge is 0.508 e. The Morgan fingerprint density at radius 3 is 2.60 bits per heavy atom. The number of phenolic OH excluding ortho intramolecular Hbond substituents is 2. The molecule has 1 aromatic rings. The van der Waals surface area contributed by atoms with Gasteiger partial charge in [0.05, 0.1) is 11.0 Å². The molecule has 0 radical (unpaired) electrons. The van der Waals surface area contributed by atoms with Crippen LogP contribution in [0.5, 0.6) is 11.5 Å². The summed E-state index contributed by atoms with van der Waals surface area (Å²) >= 11 is 6.61. The molecule has 0 amide bonds. The minimum absolute atomic E-state index is 0.0504. The third-order valence-electron chi connectivity index (χ3n) is 7.12. The van der Waals surface area contributed by atoms with Gasteiger partial charge in [0.15, 0.2) is 0 Å². The van der Waals surface area contributed by atoms with Gasteiger partial charge in [-0.2, -0.15) is 0 Å². The van der Waals surface area contributed by atoms with Gasteiger partial charge in [-0.3, -0.25) is 4.79 Å². The van der Waals surface area contributed by atoms with Crippen LogP contribution in [0.3, 0.4) is 0 Å². The number of carbonyl (C=O) groups excluding carboxylic acids is 1. The molecule has 3 aliphatic rings. The number of benzene rings is 1. The van der Waals surface area contributed by atoms with E-state index in [1.54, 1.807) is 6.07 Å². The summed E-state index contributed by atoms with van der Waals surface area (Å²) in [5.74, 6) is -0.176. The average Bonchev–Trinajstić information content (AvgIpc) is 3.15. The molecular formula is C25H29ClO4. The molecule has 1 saturated carbocycles. The highest BCUT2D eigenvalue weighted by Crippen LogP contribution is 2.67. The lowest BCUT2D eigenvalue weighted by molar-refractivity contribution is 0.0166. The quantitative estimate of drug-likeness (QED) is 0.557. The third-order valence-corrected chi connectivity index (χ3v) is 7.47. The van der Waals surface area contributed by atoms with Crippen LogP contribution in [0.4, 0.5) is 0 Å². The van der Waals surface area contributed by atoms with E-state index in [1.165, 1.54) is 22.8 Å². The SMILES string of the molecule is CC(C)=CCC[C@]1(C)OC2=C(Cl)C(=O)c3c(O)cc(O)cc3[C@@]23CC(=C(C)C)C[C@H]13. The highest BCUT2D eigenvalue weighted by atomic mass is 35.5. The van der Waals surface area contributed by atoms with E-state index in [9.17, 15) is 15.0 Å². The van der Waals surface area contributed by atoms with E-state index in [2.05, 4.69) is 40.7 Å². The van der Waals surface area contributed by atoms with Gasteiger partial charge in [-0.15, -0.1) is 0 Å². The summed E-state index contributed by atoms with van der Waals surface area (Å²) in [4.78, 5) is 13.1. The van der Waals surface area contributed by atoms with Crippen molar-refractivity contribution in [2.75, 3.05) is 0 Å². The van der Waals surface area contributed by atoms with Crippen LogP contribution in [-0.2, 0) is 10.2 Å². The summed E-state index contributed by atoms with van der Waals surface area (Å²) in [6, 6.07) is 2.82. The minimum Gasteiger partial charge on any atom is -0.508 e. The van der Waals surface area contributed by atoms with E-state index in [0.717, 1.165) is 19.3 Å². The average molecular weight is 429 g/mol. The molecule has 1 aliphatic heterocycles. The maximum absolute atomic E-state index is 13.1. The molecule has 1 saturated heterocycles. The number of rotatable bonds is 3. The maximum atomic E-state index is 13.1. The predicted molar refractivity (Wildman–Crippen MR) is 118 cm³/mol. The van der Waals surface area contributed by atoms with E-state index < -0.39 is 16.8 Å². The Kier molecular flexibility index (Phi) is 4.85. The van der Waals surface area contributed by atoms with Crippen molar-refractivity contribution < 1.29 is 19.7 Å².